The molecule has 1 aromatic carbocycles. The summed E-state index contributed by atoms with van der Waals surface area (Å²) in [5.74, 6) is -2.21. The fourth-order valence-electron chi connectivity index (χ4n) is 2.14. The summed E-state index contributed by atoms with van der Waals surface area (Å²) in [4.78, 5) is 23.0. The Labute approximate surface area is 124 Å². The summed E-state index contributed by atoms with van der Waals surface area (Å²) in [6.07, 6.45) is 1.39. The molecule has 1 aromatic rings. The van der Waals surface area contributed by atoms with E-state index in [0.29, 0.717) is 17.1 Å². The molecule has 1 amide bonds. The van der Waals surface area contributed by atoms with E-state index < -0.39 is 11.9 Å². The second-order valence-corrected chi connectivity index (χ2v) is 5.33. The molecule has 0 unspecified atom stereocenters. The number of aliphatic carboxylic acids is 1. The minimum atomic E-state index is -1.09. The molecule has 0 aliphatic rings. The number of carbonyl (C=O) groups excluding carboxylic acids is 2. The van der Waals surface area contributed by atoms with Crippen LogP contribution in [0.5, 0.6) is 0 Å². The second-order valence-electron chi connectivity index (χ2n) is 4.92. The summed E-state index contributed by atoms with van der Waals surface area (Å²) < 4.78 is 0. The van der Waals surface area contributed by atoms with Crippen molar-refractivity contribution in [2.24, 2.45) is 11.8 Å². The van der Waals surface area contributed by atoms with Crippen LogP contribution >= 0.6 is 11.6 Å². The lowest BCUT2D eigenvalue weighted by Gasteiger charge is -2.24. The van der Waals surface area contributed by atoms with E-state index in [1.165, 1.54) is 0 Å². The third kappa shape index (κ3) is 4.85. The van der Waals surface area contributed by atoms with Gasteiger partial charge in [0, 0.05) is 18.3 Å². The zero-order valence-corrected chi connectivity index (χ0v) is 12.4. The molecule has 0 saturated carbocycles. The fraction of sp³-hybridized carbons (Fsp3) is 0.467. The first kappa shape index (κ1) is 16.5. The number of anilines is 1. The lowest BCUT2D eigenvalue weighted by Crippen LogP contribution is -2.36. The second kappa shape index (κ2) is 7.90. The molecule has 5 heteroatoms. The zero-order chi connectivity index (χ0) is 15.1. The zero-order valence-electron chi connectivity index (χ0n) is 11.7. The molecule has 0 aromatic heterocycles. The van der Waals surface area contributed by atoms with E-state index >= 15 is 0 Å². The minimum Gasteiger partial charge on any atom is -0.550 e. The van der Waals surface area contributed by atoms with Crippen LogP contribution in [0.3, 0.4) is 0 Å². The standard InChI is InChI=1S/C15H20ClNO3/c1-3-6-11(15(19)20)10(2)9-14(18)17-13-8-5-4-7-12(13)16/h4-5,7-8,10-11H,3,6,9H2,1-2H3,(H,17,18)(H,19,20)/p-1/t10-,11+/m1/s1. The Bertz CT molecular complexity index is 476. The van der Waals surface area contributed by atoms with Crippen LogP contribution in [0.1, 0.15) is 33.1 Å². The Morgan fingerprint density at radius 3 is 2.55 bits per heavy atom. The number of hydrogen-bond acceptors (Lipinski definition) is 3. The molecule has 4 nitrogen and oxygen atoms in total. The Balaban J connectivity index is 2.61. The molecule has 0 radical (unpaired) electrons. The average molecular weight is 297 g/mol. The van der Waals surface area contributed by atoms with Crippen molar-refractivity contribution in [1.29, 1.82) is 0 Å². The third-order valence-electron chi connectivity index (χ3n) is 3.24. The molecule has 110 valence electrons. The van der Waals surface area contributed by atoms with E-state index in [9.17, 15) is 14.7 Å². The van der Waals surface area contributed by atoms with Crippen molar-refractivity contribution < 1.29 is 14.7 Å². The van der Waals surface area contributed by atoms with Crippen LogP contribution in [-0.2, 0) is 9.59 Å². The molecule has 0 fully saturated rings. The van der Waals surface area contributed by atoms with E-state index in [4.69, 9.17) is 11.6 Å². The molecule has 0 aliphatic heterocycles. The first-order valence-electron chi connectivity index (χ1n) is 6.71. The van der Waals surface area contributed by atoms with E-state index in [1.54, 1.807) is 31.2 Å². The van der Waals surface area contributed by atoms with Gasteiger partial charge in [0.2, 0.25) is 5.91 Å². The number of carboxylic acid groups (broad SMARTS) is 1. The molecular weight excluding hydrogens is 278 g/mol. The number of rotatable bonds is 7. The molecule has 0 saturated heterocycles. The lowest BCUT2D eigenvalue weighted by atomic mass is 9.87. The van der Waals surface area contributed by atoms with Gasteiger partial charge in [-0.3, -0.25) is 4.79 Å². The normalized spacial score (nSPS) is 13.6. The van der Waals surface area contributed by atoms with Gasteiger partial charge in [0.05, 0.1) is 10.7 Å². The number of benzene rings is 1. The van der Waals surface area contributed by atoms with Gasteiger partial charge >= 0.3 is 0 Å². The largest absolute Gasteiger partial charge is 0.550 e. The molecule has 1 N–H and O–H groups in total. The van der Waals surface area contributed by atoms with Gasteiger partial charge in [0.25, 0.3) is 0 Å². The maximum absolute atomic E-state index is 11.9. The fourth-order valence-corrected chi connectivity index (χ4v) is 2.33. The number of halogens is 1. The van der Waals surface area contributed by atoms with Gasteiger partial charge in [0.15, 0.2) is 0 Å². The van der Waals surface area contributed by atoms with Gasteiger partial charge in [-0.25, -0.2) is 0 Å². The number of nitrogens with one attached hydrogen (secondary N) is 1. The van der Waals surface area contributed by atoms with Gasteiger partial charge in [-0.2, -0.15) is 0 Å². The van der Waals surface area contributed by atoms with Crippen molar-refractivity contribution in [3.8, 4) is 0 Å². The monoisotopic (exact) mass is 296 g/mol. The maximum atomic E-state index is 11.9. The SMILES string of the molecule is CCC[C@H](C(=O)[O-])[C@H](C)CC(=O)Nc1ccccc1Cl. The number of amides is 1. The van der Waals surface area contributed by atoms with Crippen LogP contribution in [0, 0.1) is 11.8 Å². The Kier molecular flexibility index (Phi) is 6.52. The lowest BCUT2D eigenvalue weighted by molar-refractivity contribution is -0.313. The van der Waals surface area contributed by atoms with Crippen LogP contribution in [0.2, 0.25) is 5.02 Å². The number of carboxylic acids is 1. The highest BCUT2D eigenvalue weighted by Gasteiger charge is 2.20. The van der Waals surface area contributed by atoms with Gasteiger partial charge < -0.3 is 15.2 Å². The topological polar surface area (TPSA) is 69.2 Å². The number of hydrogen-bond donors (Lipinski definition) is 1. The Hall–Kier alpha value is -1.55. The predicted molar refractivity (Wildman–Crippen MR) is 77.3 cm³/mol. The summed E-state index contributed by atoms with van der Waals surface area (Å²) >= 11 is 5.95. The molecule has 0 heterocycles. The summed E-state index contributed by atoms with van der Waals surface area (Å²) in [7, 11) is 0. The molecule has 0 spiro atoms. The first-order valence-corrected chi connectivity index (χ1v) is 7.08. The predicted octanol–water partition coefficient (Wildman–Crippen LogP) is 2.47. The smallest absolute Gasteiger partial charge is 0.224 e. The van der Waals surface area contributed by atoms with Crippen LogP contribution in [0.4, 0.5) is 5.69 Å². The Morgan fingerprint density at radius 2 is 2.00 bits per heavy atom. The average Bonchev–Trinajstić information content (AvgIpc) is 2.38. The summed E-state index contributed by atoms with van der Waals surface area (Å²) in [5.41, 5.74) is 0.534. The molecular formula is C15H19ClNO3-. The summed E-state index contributed by atoms with van der Waals surface area (Å²) in [5, 5.41) is 14.2. The molecule has 0 bridgehead atoms. The van der Waals surface area contributed by atoms with Crippen LogP contribution < -0.4 is 10.4 Å². The van der Waals surface area contributed by atoms with Gasteiger partial charge in [0.1, 0.15) is 0 Å². The molecule has 2 atom stereocenters. The van der Waals surface area contributed by atoms with Crippen LogP contribution in [0.15, 0.2) is 24.3 Å². The van der Waals surface area contributed by atoms with Gasteiger partial charge in [-0.05, 0) is 24.5 Å². The highest BCUT2D eigenvalue weighted by Crippen LogP contribution is 2.23. The minimum absolute atomic E-state index is 0.129. The van der Waals surface area contributed by atoms with Crippen molar-refractivity contribution in [2.75, 3.05) is 5.32 Å². The highest BCUT2D eigenvalue weighted by molar-refractivity contribution is 6.33. The maximum Gasteiger partial charge on any atom is 0.224 e. The third-order valence-corrected chi connectivity index (χ3v) is 3.57. The van der Waals surface area contributed by atoms with Gasteiger partial charge in [-0.15, -0.1) is 0 Å². The Morgan fingerprint density at radius 1 is 1.35 bits per heavy atom. The molecule has 1 rings (SSSR count). The van der Waals surface area contributed by atoms with E-state index in [1.807, 2.05) is 6.92 Å². The van der Waals surface area contributed by atoms with E-state index in [0.717, 1.165) is 6.42 Å². The quantitative estimate of drug-likeness (QED) is 0.840. The van der Waals surface area contributed by atoms with Crippen molar-refractivity contribution in [2.45, 2.75) is 33.1 Å². The van der Waals surface area contributed by atoms with Crippen molar-refractivity contribution in [3.63, 3.8) is 0 Å². The van der Waals surface area contributed by atoms with E-state index in [-0.39, 0.29) is 18.2 Å². The van der Waals surface area contributed by atoms with Crippen LogP contribution in [-0.4, -0.2) is 11.9 Å². The molecule has 0 aliphatic carbocycles. The van der Waals surface area contributed by atoms with E-state index in [2.05, 4.69) is 5.32 Å². The highest BCUT2D eigenvalue weighted by atomic mass is 35.5. The number of carbonyl (C=O) groups is 2. The van der Waals surface area contributed by atoms with Crippen molar-refractivity contribution in [3.05, 3.63) is 29.3 Å². The molecule has 20 heavy (non-hydrogen) atoms. The first-order chi connectivity index (χ1) is 9.45. The summed E-state index contributed by atoms with van der Waals surface area (Å²) in [6, 6.07) is 6.93. The van der Waals surface area contributed by atoms with Crippen LogP contribution in [0.25, 0.3) is 0 Å². The number of para-hydroxylation sites is 1. The van der Waals surface area contributed by atoms with Gasteiger partial charge in [-0.1, -0.05) is 44.0 Å². The van der Waals surface area contributed by atoms with Crippen molar-refractivity contribution >= 4 is 29.2 Å². The summed E-state index contributed by atoms with van der Waals surface area (Å²) in [6.45, 7) is 3.66. The van der Waals surface area contributed by atoms with Crippen molar-refractivity contribution in [1.82, 2.24) is 0 Å².